The lowest BCUT2D eigenvalue weighted by Crippen LogP contribution is -2.78. The molecule has 3 fully saturated rings. The molecule has 0 saturated carbocycles. The van der Waals surface area contributed by atoms with Gasteiger partial charge in [-0.1, -0.05) is 42.5 Å². The van der Waals surface area contributed by atoms with Crippen LogP contribution in [0.2, 0.25) is 0 Å². The Hall–Kier alpha value is -2.25. The SMILES string of the molecule is O=C(O)c1cccc(CN2CC3CC(O)CN3C3(C2)CN(CCc2ccccc2)C3)c1. The van der Waals surface area contributed by atoms with Crippen molar-refractivity contribution >= 4 is 5.97 Å². The fourth-order valence-corrected chi connectivity index (χ4v) is 5.85. The molecule has 3 aliphatic heterocycles. The van der Waals surface area contributed by atoms with Crippen LogP contribution in [0.5, 0.6) is 0 Å². The van der Waals surface area contributed by atoms with E-state index in [9.17, 15) is 15.0 Å². The average molecular weight is 422 g/mol. The Kier molecular flexibility index (Phi) is 5.56. The highest BCUT2D eigenvalue weighted by Gasteiger charge is 2.55. The van der Waals surface area contributed by atoms with Crippen LogP contribution < -0.4 is 0 Å². The maximum Gasteiger partial charge on any atom is 0.335 e. The first kappa shape index (κ1) is 20.6. The molecule has 2 unspecified atom stereocenters. The van der Waals surface area contributed by atoms with Crippen LogP contribution >= 0.6 is 0 Å². The fourth-order valence-electron chi connectivity index (χ4n) is 5.85. The van der Waals surface area contributed by atoms with Crippen LogP contribution in [-0.4, -0.2) is 87.8 Å². The summed E-state index contributed by atoms with van der Waals surface area (Å²) in [5.41, 5.74) is 2.86. The number of piperazine rings is 1. The summed E-state index contributed by atoms with van der Waals surface area (Å²) in [4.78, 5) is 18.9. The van der Waals surface area contributed by atoms with Gasteiger partial charge in [0.15, 0.2) is 0 Å². The zero-order valence-electron chi connectivity index (χ0n) is 17.9. The van der Waals surface area contributed by atoms with Crippen molar-refractivity contribution in [3.63, 3.8) is 0 Å². The van der Waals surface area contributed by atoms with Crippen molar-refractivity contribution < 1.29 is 15.0 Å². The second kappa shape index (κ2) is 8.36. The number of rotatable bonds is 6. The van der Waals surface area contributed by atoms with Gasteiger partial charge in [0.2, 0.25) is 0 Å². The average Bonchev–Trinajstić information content (AvgIpc) is 3.12. The van der Waals surface area contributed by atoms with E-state index in [0.29, 0.717) is 11.6 Å². The molecule has 0 amide bonds. The fraction of sp³-hybridized carbons (Fsp3) is 0.480. The molecule has 2 aromatic carbocycles. The lowest BCUT2D eigenvalue weighted by Gasteiger charge is -2.61. The largest absolute Gasteiger partial charge is 0.478 e. The van der Waals surface area contributed by atoms with E-state index < -0.39 is 5.97 Å². The maximum absolute atomic E-state index is 11.3. The lowest BCUT2D eigenvalue weighted by atomic mass is 9.83. The molecular weight excluding hydrogens is 390 g/mol. The van der Waals surface area contributed by atoms with E-state index in [1.54, 1.807) is 12.1 Å². The molecule has 2 N–H and O–H groups in total. The van der Waals surface area contributed by atoms with Gasteiger partial charge in [-0.05, 0) is 36.1 Å². The third-order valence-electron chi connectivity index (χ3n) is 7.16. The summed E-state index contributed by atoms with van der Waals surface area (Å²) in [5, 5.41) is 19.7. The number of aromatic carboxylic acids is 1. The second-order valence-corrected chi connectivity index (χ2v) is 9.54. The zero-order valence-corrected chi connectivity index (χ0v) is 17.9. The molecule has 3 aliphatic rings. The topological polar surface area (TPSA) is 67.2 Å². The maximum atomic E-state index is 11.3. The molecule has 6 nitrogen and oxygen atoms in total. The van der Waals surface area contributed by atoms with Gasteiger partial charge < -0.3 is 10.2 Å². The van der Waals surface area contributed by atoms with Gasteiger partial charge in [-0.15, -0.1) is 0 Å². The van der Waals surface area contributed by atoms with E-state index in [-0.39, 0.29) is 11.6 Å². The third-order valence-corrected chi connectivity index (χ3v) is 7.16. The first-order valence-corrected chi connectivity index (χ1v) is 11.3. The summed E-state index contributed by atoms with van der Waals surface area (Å²) in [7, 11) is 0. The smallest absolute Gasteiger partial charge is 0.335 e. The van der Waals surface area contributed by atoms with Gasteiger partial charge in [-0.2, -0.15) is 0 Å². The van der Waals surface area contributed by atoms with Crippen molar-refractivity contribution in [2.45, 2.75) is 37.1 Å². The molecule has 164 valence electrons. The molecule has 1 spiro atoms. The standard InChI is InChI=1S/C25H31N3O3/c29-23-12-22-14-27(13-20-7-4-8-21(11-20)24(30)31)18-25(28(22)15-23)16-26(17-25)10-9-19-5-2-1-3-6-19/h1-8,11,22-23,29H,9-10,12-18H2,(H,30,31). The highest BCUT2D eigenvalue weighted by molar-refractivity contribution is 5.87. The Morgan fingerprint density at radius 2 is 1.71 bits per heavy atom. The number of hydrogen-bond acceptors (Lipinski definition) is 5. The molecule has 3 saturated heterocycles. The van der Waals surface area contributed by atoms with Crippen LogP contribution in [0.3, 0.4) is 0 Å². The normalized spacial score (nSPS) is 26.0. The van der Waals surface area contributed by atoms with Gasteiger partial charge >= 0.3 is 5.97 Å². The number of fused-ring (bicyclic) bond motifs is 2. The molecule has 0 bridgehead atoms. The van der Waals surface area contributed by atoms with Crippen molar-refractivity contribution in [3.8, 4) is 0 Å². The zero-order chi connectivity index (χ0) is 21.4. The molecule has 6 heteroatoms. The number of carbonyl (C=O) groups is 1. The van der Waals surface area contributed by atoms with Crippen LogP contribution in [0.1, 0.15) is 27.9 Å². The van der Waals surface area contributed by atoms with Gasteiger partial charge in [0, 0.05) is 51.9 Å². The quantitative estimate of drug-likeness (QED) is 0.743. The predicted molar refractivity (Wildman–Crippen MR) is 119 cm³/mol. The highest BCUT2D eigenvalue weighted by Crippen LogP contribution is 2.39. The predicted octanol–water partition coefficient (Wildman–Crippen LogP) is 1.93. The number of benzene rings is 2. The number of aliphatic hydroxyl groups excluding tert-OH is 1. The van der Waals surface area contributed by atoms with Crippen molar-refractivity contribution in [2.75, 3.05) is 39.3 Å². The van der Waals surface area contributed by atoms with E-state index in [2.05, 4.69) is 45.0 Å². The summed E-state index contributed by atoms with van der Waals surface area (Å²) in [6.45, 7) is 6.57. The van der Waals surface area contributed by atoms with E-state index in [1.165, 1.54) is 5.56 Å². The number of likely N-dealkylation sites (tertiary alicyclic amines) is 1. The minimum atomic E-state index is -0.880. The van der Waals surface area contributed by atoms with Crippen LogP contribution in [0.15, 0.2) is 54.6 Å². The van der Waals surface area contributed by atoms with Crippen LogP contribution in [-0.2, 0) is 13.0 Å². The highest BCUT2D eigenvalue weighted by atomic mass is 16.4. The minimum Gasteiger partial charge on any atom is -0.478 e. The number of aliphatic hydroxyl groups is 1. The Morgan fingerprint density at radius 1 is 0.968 bits per heavy atom. The first-order valence-electron chi connectivity index (χ1n) is 11.3. The number of carboxylic acids is 1. The molecule has 31 heavy (non-hydrogen) atoms. The van der Waals surface area contributed by atoms with Gasteiger partial charge in [0.25, 0.3) is 0 Å². The second-order valence-electron chi connectivity index (χ2n) is 9.54. The molecule has 5 rings (SSSR count). The number of nitrogens with zero attached hydrogens (tertiary/aromatic N) is 3. The number of hydrogen-bond donors (Lipinski definition) is 2. The molecule has 0 aromatic heterocycles. The van der Waals surface area contributed by atoms with E-state index in [1.807, 2.05) is 12.1 Å². The van der Waals surface area contributed by atoms with Crippen LogP contribution in [0.4, 0.5) is 0 Å². The van der Waals surface area contributed by atoms with Crippen LogP contribution in [0, 0.1) is 0 Å². The summed E-state index contributed by atoms with van der Waals surface area (Å²) in [6, 6.07) is 18.3. The first-order chi connectivity index (χ1) is 15.0. The van der Waals surface area contributed by atoms with Crippen molar-refractivity contribution in [1.82, 2.24) is 14.7 Å². The summed E-state index contributed by atoms with van der Waals surface area (Å²) in [5.74, 6) is -0.880. The summed E-state index contributed by atoms with van der Waals surface area (Å²) >= 11 is 0. The molecule has 0 aliphatic carbocycles. The van der Waals surface area contributed by atoms with Gasteiger partial charge in [0.1, 0.15) is 0 Å². The summed E-state index contributed by atoms with van der Waals surface area (Å²) < 4.78 is 0. The van der Waals surface area contributed by atoms with Crippen LogP contribution in [0.25, 0.3) is 0 Å². The van der Waals surface area contributed by atoms with Crippen molar-refractivity contribution in [1.29, 1.82) is 0 Å². The van der Waals surface area contributed by atoms with Gasteiger partial charge in [-0.3, -0.25) is 14.7 Å². The number of carboxylic acid groups (broad SMARTS) is 1. The molecule has 0 radical (unpaired) electrons. The Balaban J connectivity index is 1.26. The molecule has 3 heterocycles. The Bertz CT molecular complexity index is 929. The van der Waals surface area contributed by atoms with Crippen molar-refractivity contribution in [2.24, 2.45) is 0 Å². The summed E-state index contributed by atoms with van der Waals surface area (Å²) in [6.07, 6.45) is 1.65. The molecule has 2 atom stereocenters. The minimum absolute atomic E-state index is 0.0987. The molecule has 2 aromatic rings. The lowest BCUT2D eigenvalue weighted by molar-refractivity contribution is -0.114. The van der Waals surface area contributed by atoms with E-state index in [0.717, 1.165) is 64.2 Å². The monoisotopic (exact) mass is 421 g/mol. The Morgan fingerprint density at radius 3 is 2.48 bits per heavy atom. The van der Waals surface area contributed by atoms with E-state index >= 15 is 0 Å². The molecular formula is C25H31N3O3. The third kappa shape index (κ3) is 4.26. The van der Waals surface area contributed by atoms with Gasteiger partial charge in [-0.25, -0.2) is 4.79 Å². The Labute approximate surface area is 183 Å². The van der Waals surface area contributed by atoms with E-state index in [4.69, 9.17) is 0 Å². The number of β-amino-alcohol motifs (C(OH)–C–C–N with tert-alkyl or cyclic N) is 1. The van der Waals surface area contributed by atoms with Gasteiger partial charge in [0.05, 0.1) is 17.2 Å². The van der Waals surface area contributed by atoms with Crippen molar-refractivity contribution in [3.05, 3.63) is 71.3 Å².